The van der Waals surface area contributed by atoms with Crippen LogP contribution < -0.4 is 0 Å². The molecule has 0 spiro atoms. The smallest absolute Gasteiger partial charge is 0.147 e. The summed E-state index contributed by atoms with van der Waals surface area (Å²) in [6.45, 7) is 7.26. The van der Waals surface area contributed by atoms with Gasteiger partial charge in [-0.2, -0.15) is 0 Å². The average molecular weight is 333 g/mol. The summed E-state index contributed by atoms with van der Waals surface area (Å²) < 4.78 is 0. The summed E-state index contributed by atoms with van der Waals surface area (Å²) in [5.74, 6) is 2.93. The first-order chi connectivity index (χ1) is 10.9. The number of carbonyl (C=O) groups excluding carboxylic acids is 1. The van der Waals surface area contributed by atoms with Crippen molar-refractivity contribution in [2.24, 2.45) is 34.5 Å². The molecule has 0 aromatic carbocycles. The summed E-state index contributed by atoms with van der Waals surface area (Å²) in [7, 11) is 0. The molecule has 0 bridgehead atoms. The van der Waals surface area contributed by atoms with Gasteiger partial charge in [0.2, 0.25) is 0 Å². The Morgan fingerprint density at radius 2 is 1.87 bits per heavy atom. The maximum Gasteiger partial charge on any atom is 0.147 e. The van der Waals surface area contributed by atoms with Crippen LogP contribution in [0.25, 0.3) is 0 Å². The fourth-order valence-electron chi connectivity index (χ4n) is 6.61. The molecule has 0 amide bonds. The molecule has 6 atom stereocenters. The molecule has 4 aliphatic rings. The predicted octanol–water partition coefficient (Wildman–Crippen LogP) is 5.89. The van der Waals surface area contributed by atoms with Crippen LogP contribution in [0.1, 0.15) is 65.7 Å². The highest BCUT2D eigenvalue weighted by Crippen LogP contribution is 2.66. The van der Waals surface area contributed by atoms with E-state index in [2.05, 4.69) is 26.8 Å². The van der Waals surface area contributed by atoms with Crippen molar-refractivity contribution in [3.05, 3.63) is 22.3 Å². The Bertz CT molecular complexity index is 603. The van der Waals surface area contributed by atoms with Crippen LogP contribution in [0.4, 0.5) is 0 Å². The number of allylic oxidation sites excluding steroid dienone is 4. The lowest BCUT2D eigenvalue weighted by atomic mass is 9.47. The van der Waals surface area contributed by atoms with Gasteiger partial charge in [0.1, 0.15) is 6.29 Å². The first-order valence-electron chi connectivity index (χ1n) is 9.44. The second kappa shape index (κ2) is 5.22. The predicted molar refractivity (Wildman–Crippen MR) is 95.2 cm³/mol. The number of halogens is 1. The molecule has 1 nitrogen and oxygen atoms in total. The van der Waals surface area contributed by atoms with Gasteiger partial charge in [0.25, 0.3) is 0 Å². The van der Waals surface area contributed by atoms with E-state index in [4.69, 9.17) is 11.6 Å². The van der Waals surface area contributed by atoms with Crippen LogP contribution in [0.15, 0.2) is 22.3 Å². The van der Waals surface area contributed by atoms with E-state index in [1.54, 1.807) is 5.57 Å². The summed E-state index contributed by atoms with van der Waals surface area (Å²) >= 11 is 6.65. The zero-order chi connectivity index (χ0) is 16.4. The van der Waals surface area contributed by atoms with Crippen molar-refractivity contribution in [2.45, 2.75) is 65.7 Å². The van der Waals surface area contributed by atoms with Gasteiger partial charge in [-0.25, -0.2) is 0 Å². The van der Waals surface area contributed by atoms with Crippen LogP contribution in [0.5, 0.6) is 0 Å². The van der Waals surface area contributed by atoms with Gasteiger partial charge in [-0.3, -0.25) is 4.79 Å². The summed E-state index contributed by atoms with van der Waals surface area (Å²) in [5, 5.41) is 0.883. The fourth-order valence-corrected chi connectivity index (χ4v) is 6.96. The Kier molecular flexibility index (Phi) is 3.61. The van der Waals surface area contributed by atoms with E-state index in [0.717, 1.165) is 41.6 Å². The summed E-state index contributed by atoms with van der Waals surface area (Å²) in [5.41, 5.74) is 3.10. The number of fused-ring (bicyclic) bond motifs is 5. The number of hydrogen-bond donors (Lipinski definition) is 0. The Balaban J connectivity index is 1.69. The van der Waals surface area contributed by atoms with Crippen LogP contribution >= 0.6 is 11.6 Å². The quantitative estimate of drug-likeness (QED) is 0.432. The highest BCUT2D eigenvalue weighted by atomic mass is 35.5. The van der Waals surface area contributed by atoms with Crippen molar-refractivity contribution < 1.29 is 4.79 Å². The lowest BCUT2D eigenvalue weighted by Gasteiger charge is -2.57. The normalized spacial score (nSPS) is 49.1. The minimum atomic E-state index is 0.0582. The van der Waals surface area contributed by atoms with E-state index in [0.29, 0.717) is 17.3 Å². The fraction of sp³-hybridized carbons (Fsp3) is 0.762. The van der Waals surface area contributed by atoms with Gasteiger partial charge < -0.3 is 0 Å². The summed E-state index contributed by atoms with van der Waals surface area (Å²) in [4.78, 5) is 11.4. The maximum absolute atomic E-state index is 11.4. The van der Waals surface area contributed by atoms with Gasteiger partial charge >= 0.3 is 0 Å². The molecule has 0 radical (unpaired) electrons. The minimum Gasteiger partial charge on any atom is -0.298 e. The first-order valence-corrected chi connectivity index (χ1v) is 9.82. The topological polar surface area (TPSA) is 17.1 Å². The molecule has 0 aromatic heterocycles. The summed E-state index contributed by atoms with van der Waals surface area (Å²) in [6, 6.07) is 0. The first kappa shape index (κ1) is 15.9. The molecule has 23 heavy (non-hydrogen) atoms. The highest BCUT2D eigenvalue weighted by molar-refractivity contribution is 6.32. The van der Waals surface area contributed by atoms with Gasteiger partial charge in [-0.05, 0) is 74.0 Å². The molecule has 0 N–H and O–H groups in total. The molecular formula is C21H29ClO. The molecule has 4 aliphatic carbocycles. The van der Waals surface area contributed by atoms with Crippen molar-refractivity contribution >= 4 is 17.9 Å². The average Bonchev–Trinajstić information content (AvgIpc) is 2.79. The number of aldehydes is 1. The molecule has 0 unspecified atom stereocenters. The zero-order valence-corrected chi connectivity index (χ0v) is 15.5. The molecule has 2 fully saturated rings. The van der Waals surface area contributed by atoms with Gasteiger partial charge in [-0.15, -0.1) is 0 Å². The molecule has 0 aliphatic heterocycles. The molecule has 126 valence electrons. The van der Waals surface area contributed by atoms with E-state index in [1.807, 2.05) is 0 Å². The van der Waals surface area contributed by atoms with E-state index in [9.17, 15) is 4.79 Å². The van der Waals surface area contributed by atoms with Crippen molar-refractivity contribution in [1.82, 2.24) is 0 Å². The van der Waals surface area contributed by atoms with Gasteiger partial charge in [0, 0.05) is 16.0 Å². The van der Waals surface area contributed by atoms with E-state index < -0.39 is 0 Å². The minimum absolute atomic E-state index is 0.0582. The largest absolute Gasteiger partial charge is 0.298 e. The molecule has 2 saturated carbocycles. The standard InChI is InChI=1S/C21H29ClO/c1-13-6-8-20(2)15(10-13)4-5-16-17(20)7-9-21(3)18(16)11-14(12-23)19(21)22/h4,12-13,16-18H,5-11H2,1-3H3/t13-,16+,17-,18-,20-,21-/m0/s1. The van der Waals surface area contributed by atoms with E-state index in [1.165, 1.54) is 32.1 Å². The number of rotatable bonds is 1. The molecular weight excluding hydrogens is 304 g/mol. The third-order valence-corrected chi connectivity index (χ3v) is 8.78. The number of hydrogen-bond acceptors (Lipinski definition) is 1. The van der Waals surface area contributed by atoms with Gasteiger partial charge in [0.15, 0.2) is 0 Å². The molecule has 0 heterocycles. The molecule has 0 saturated heterocycles. The highest BCUT2D eigenvalue weighted by Gasteiger charge is 2.57. The monoisotopic (exact) mass is 332 g/mol. The Hall–Kier alpha value is -0.560. The van der Waals surface area contributed by atoms with Gasteiger partial charge in [0.05, 0.1) is 0 Å². The summed E-state index contributed by atoms with van der Waals surface area (Å²) in [6.07, 6.45) is 12.2. The second-order valence-corrected chi connectivity index (χ2v) is 9.60. The van der Waals surface area contributed by atoms with Crippen LogP contribution in [0.3, 0.4) is 0 Å². The number of carbonyl (C=O) groups is 1. The van der Waals surface area contributed by atoms with Crippen LogP contribution in [-0.4, -0.2) is 6.29 Å². The molecule has 0 aromatic rings. The van der Waals surface area contributed by atoms with E-state index >= 15 is 0 Å². The van der Waals surface area contributed by atoms with E-state index in [-0.39, 0.29) is 5.41 Å². The third kappa shape index (κ3) is 2.08. The van der Waals surface area contributed by atoms with Crippen molar-refractivity contribution in [3.8, 4) is 0 Å². The molecule has 2 heteroatoms. The van der Waals surface area contributed by atoms with Crippen molar-refractivity contribution in [2.75, 3.05) is 0 Å². The maximum atomic E-state index is 11.4. The van der Waals surface area contributed by atoms with Gasteiger partial charge in [-0.1, -0.05) is 44.0 Å². The third-order valence-electron chi connectivity index (χ3n) is 8.11. The molecule has 4 rings (SSSR count). The van der Waals surface area contributed by atoms with Crippen LogP contribution in [-0.2, 0) is 4.79 Å². The Labute approximate surface area is 145 Å². The lowest BCUT2D eigenvalue weighted by molar-refractivity contribution is -0.105. The Morgan fingerprint density at radius 1 is 1.13 bits per heavy atom. The van der Waals surface area contributed by atoms with Crippen molar-refractivity contribution in [3.63, 3.8) is 0 Å². The van der Waals surface area contributed by atoms with Crippen molar-refractivity contribution in [1.29, 1.82) is 0 Å². The zero-order valence-electron chi connectivity index (χ0n) is 14.7. The SMILES string of the molecule is C[C@H]1CC[C@@]2(C)C(=CC[C@@H]3[C@@H]2CC[C@]2(C)C(Cl)=C(C=O)C[C@@H]32)C1. The Morgan fingerprint density at radius 3 is 2.61 bits per heavy atom. The van der Waals surface area contributed by atoms with Crippen LogP contribution in [0.2, 0.25) is 0 Å². The van der Waals surface area contributed by atoms with Crippen LogP contribution in [0, 0.1) is 34.5 Å². The lowest BCUT2D eigenvalue weighted by Crippen LogP contribution is -2.49. The second-order valence-electron chi connectivity index (χ2n) is 9.22.